The molecule has 3 aromatic rings. The van der Waals surface area contributed by atoms with Crippen molar-refractivity contribution in [3.8, 4) is 0 Å². The van der Waals surface area contributed by atoms with E-state index in [9.17, 15) is 4.39 Å². The van der Waals surface area contributed by atoms with Gasteiger partial charge in [0.25, 0.3) is 0 Å². The summed E-state index contributed by atoms with van der Waals surface area (Å²) in [6.07, 6.45) is 3.83. The topological polar surface area (TPSA) is 48.7 Å². The molecule has 31 heavy (non-hydrogen) atoms. The highest BCUT2D eigenvalue weighted by molar-refractivity contribution is 14.0. The first-order chi connectivity index (χ1) is 14.7. The van der Waals surface area contributed by atoms with Gasteiger partial charge in [0, 0.05) is 52.2 Å². The fourth-order valence-electron chi connectivity index (χ4n) is 3.79. The minimum absolute atomic E-state index is 0. The second-order valence-electron chi connectivity index (χ2n) is 7.28. The molecular formula is C23H28FIN6. The molecule has 0 saturated carbocycles. The molecule has 0 bridgehead atoms. The Morgan fingerprint density at radius 1 is 1.03 bits per heavy atom. The molecule has 0 radical (unpaired) electrons. The van der Waals surface area contributed by atoms with Crippen LogP contribution in [0.25, 0.3) is 0 Å². The molecule has 0 spiro atoms. The quantitative estimate of drug-likeness (QED) is 0.309. The summed E-state index contributed by atoms with van der Waals surface area (Å²) in [6, 6.07) is 17.3. The molecule has 0 unspecified atom stereocenters. The lowest BCUT2D eigenvalue weighted by molar-refractivity contribution is 0.370. The Morgan fingerprint density at radius 2 is 1.74 bits per heavy atom. The van der Waals surface area contributed by atoms with Crippen LogP contribution in [0.3, 0.4) is 0 Å². The second kappa shape index (κ2) is 11.1. The van der Waals surface area contributed by atoms with Crippen LogP contribution < -0.4 is 10.2 Å². The average Bonchev–Trinajstić information content (AvgIpc) is 3.22. The zero-order chi connectivity index (χ0) is 20.8. The van der Waals surface area contributed by atoms with Crippen LogP contribution in [-0.2, 0) is 13.1 Å². The Morgan fingerprint density at radius 3 is 2.45 bits per heavy atom. The lowest BCUT2D eigenvalue weighted by Crippen LogP contribution is -2.52. The van der Waals surface area contributed by atoms with E-state index < -0.39 is 0 Å². The number of benzene rings is 2. The highest BCUT2D eigenvalue weighted by Crippen LogP contribution is 2.20. The minimum atomic E-state index is -0.168. The number of nitrogens with one attached hydrogen (secondary N) is 1. The first kappa shape index (κ1) is 23.1. The van der Waals surface area contributed by atoms with Gasteiger partial charge in [-0.3, -0.25) is 4.99 Å². The SMILES string of the molecule is CN=C(NCc1nccn1Cc1ccccc1)N1CCN(c2ccccc2F)CC1.I. The molecule has 0 amide bonds. The van der Waals surface area contributed by atoms with E-state index in [4.69, 9.17) is 0 Å². The average molecular weight is 534 g/mol. The van der Waals surface area contributed by atoms with Gasteiger partial charge in [-0.1, -0.05) is 42.5 Å². The zero-order valence-corrected chi connectivity index (χ0v) is 19.9. The summed E-state index contributed by atoms with van der Waals surface area (Å²) in [7, 11) is 1.79. The van der Waals surface area contributed by atoms with Crippen molar-refractivity contribution in [2.45, 2.75) is 13.1 Å². The number of aromatic nitrogens is 2. The minimum Gasteiger partial charge on any atom is -0.366 e. The highest BCUT2D eigenvalue weighted by atomic mass is 127. The van der Waals surface area contributed by atoms with E-state index in [0.29, 0.717) is 12.2 Å². The van der Waals surface area contributed by atoms with E-state index in [2.05, 4.69) is 41.8 Å². The maximum absolute atomic E-state index is 14.1. The van der Waals surface area contributed by atoms with E-state index in [1.165, 1.54) is 11.6 Å². The van der Waals surface area contributed by atoms with Gasteiger partial charge in [0.2, 0.25) is 0 Å². The van der Waals surface area contributed by atoms with Gasteiger partial charge >= 0.3 is 0 Å². The molecule has 2 heterocycles. The highest BCUT2D eigenvalue weighted by Gasteiger charge is 2.21. The van der Waals surface area contributed by atoms with Crippen LogP contribution in [-0.4, -0.2) is 53.6 Å². The fraction of sp³-hybridized carbons (Fsp3) is 0.304. The summed E-state index contributed by atoms with van der Waals surface area (Å²) in [6.45, 7) is 4.46. The van der Waals surface area contributed by atoms with Crippen molar-refractivity contribution in [1.29, 1.82) is 0 Å². The van der Waals surface area contributed by atoms with E-state index in [0.717, 1.165) is 44.5 Å². The molecule has 0 atom stereocenters. The third-order valence-electron chi connectivity index (χ3n) is 5.39. The van der Waals surface area contributed by atoms with Crippen molar-refractivity contribution in [3.05, 3.63) is 84.2 Å². The van der Waals surface area contributed by atoms with Gasteiger partial charge < -0.3 is 19.7 Å². The summed E-state index contributed by atoms with van der Waals surface area (Å²) < 4.78 is 16.2. The molecule has 1 fully saturated rings. The van der Waals surface area contributed by atoms with Crippen LogP contribution in [0.4, 0.5) is 10.1 Å². The molecule has 4 rings (SSSR count). The number of anilines is 1. The molecule has 164 valence electrons. The largest absolute Gasteiger partial charge is 0.366 e. The smallest absolute Gasteiger partial charge is 0.194 e. The number of guanidine groups is 1. The predicted octanol–water partition coefficient (Wildman–Crippen LogP) is 3.59. The standard InChI is InChI=1S/C23H27FN6.HI/c1-25-23(29-15-13-28(14-16-29)21-10-6-5-9-20(21)24)27-17-22-26-11-12-30(22)18-19-7-3-2-4-8-19;/h2-12H,13-18H2,1H3,(H,25,27);1H. The van der Waals surface area contributed by atoms with Crippen molar-refractivity contribution in [2.75, 3.05) is 38.1 Å². The fourth-order valence-corrected chi connectivity index (χ4v) is 3.79. The molecule has 1 aliphatic rings. The first-order valence-electron chi connectivity index (χ1n) is 10.2. The van der Waals surface area contributed by atoms with Gasteiger partial charge in [-0.2, -0.15) is 0 Å². The Hall–Kier alpha value is -2.62. The van der Waals surface area contributed by atoms with E-state index in [1.54, 1.807) is 13.1 Å². The number of halogens is 2. The molecular weight excluding hydrogens is 506 g/mol. The number of hydrogen-bond acceptors (Lipinski definition) is 3. The summed E-state index contributed by atoms with van der Waals surface area (Å²) in [5, 5.41) is 3.43. The lowest BCUT2D eigenvalue weighted by Gasteiger charge is -2.37. The van der Waals surface area contributed by atoms with Gasteiger partial charge in [0.15, 0.2) is 5.96 Å². The molecule has 1 saturated heterocycles. The van der Waals surface area contributed by atoms with Crippen molar-refractivity contribution in [2.24, 2.45) is 4.99 Å². The van der Waals surface area contributed by atoms with Crippen molar-refractivity contribution < 1.29 is 4.39 Å². The van der Waals surface area contributed by atoms with E-state index in [-0.39, 0.29) is 29.8 Å². The number of para-hydroxylation sites is 1. The predicted molar refractivity (Wildman–Crippen MR) is 134 cm³/mol. The van der Waals surface area contributed by atoms with Crippen LogP contribution >= 0.6 is 24.0 Å². The maximum Gasteiger partial charge on any atom is 0.194 e. The third kappa shape index (κ3) is 5.75. The Labute approximate surface area is 199 Å². The number of nitrogens with zero attached hydrogens (tertiary/aromatic N) is 5. The number of aliphatic imine (C=N–C) groups is 1. The van der Waals surface area contributed by atoms with Crippen LogP contribution in [0, 0.1) is 5.82 Å². The number of hydrogen-bond donors (Lipinski definition) is 1. The second-order valence-corrected chi connectivity index (χ2v) is 7.28. The summed E-state index contributed by atoms with van der Waals surface area (Å²) >= 11 is 0. The van der Waals surface area contributed by atoms with Gasteiger partial charge in [-0.15, -0.1) is 24.0 Å². The Balaban J connectivity index is 0.00000272. The van der Waals surface area contributed by atoms with Gasteiger partial charge in [0.05, 0.1) is 12.2 Å². The van der Waals surface area contributed by atoms with Crippen molar-refractivity contribution in [1.82, 2.24) is 19.8 Å². The monoisotopic (exact) mass is 534 g/mol. The van der Waals surface area contributed by atoms with Crippen molar-refractivity contribution >= 4 is 35.6 Å². The van der Waals surface area contributed by atoms with Gasteiger partial charge in [-0.05, 0) is 17.7 Å². The number of imidazole rings is 1. The number of rotatable bonds is 5. The maximum atomic E-state index is 14.1. The van der Waals surface area contributed by atoms with Crippen LogP contribution in [0.2, 0.25) is 0 Å². The Kier molecular flexibility index (Phi) is 8.27. The molecule has 8 heteroatoms. The lowest BCUT2D eigenvalue weighted by atomic mass is 10.2. The molecule has 2 aromatic carbocycles. The molecule has 0 aliphatic carbocycles. The molecule has 6 nitrogen and oxygen atoms in total. The zero-order valence-electron chi connectivity index (χ0n) is 17.6. The third-order valence-corrected chi connectivity index (χ3v) is 5.39. The van der Waals surface area contributed by atoms with E-state index >= 15 is 0 Å². The van der Waals surface area contributed by atoms with Crippen LogP contribution in [0.5, 0.6) is 0 Å². The Bertz CT molecular complexity index is 982. The molecule has 1 N–H and O–H groups in total. The number of piperazine rings is 1. The van der Waals surface area contributed by atoms with E-state index in [1.807, 2.05) is 42.7 Å². The van der Waals surface area contributed by atoms with Crippen LogP contribution in [0.1, 0.15) is 11.4 Å². The van der Waals surface area contributed by atoms with Gasteiger partial charge in [0.1, 0.15) is 11.6 Å². The summed E-state index contributed by atoms with van der Waals surface area (Å²) in [4.78, 5) is 13.2. The summed E-state index contributed by atoms with van der Waals surface area (Å²) in [5.74, 6) is 1.64. The molecule has 1 aliphatic heterocycles. The molecule has 1 aromatic heterocycles. The first-order valence-corrected chi connectivity index (χ1v) is 10.2. The van der Waals surface area contributed by atoms with Crippen LogP contribution in [0.15, 0.2) is 72.0 Å². The van der Waals surface area contributed by atoms with Crippen molar-refractivity contribution in [3.63, 3.8) is 0 Å². The summed E-state index contributed by atoms with van der Waals surface area (Å²) in [5.41, 5.74) is 1.91. The van der Waals surface area contributed by atoms with Gasteiger partial charge in [-0.25, -0.2) is 9.37 Å². The normalized spacial score (nSPS) is 14.3.